The van der Waals surface area contributed by atoms with Gasteiger partial charge in [0.05, 0.1) is 0 Å². The second-order valence-corrected chi connectivity index (χ2v) is 7.27. The van der Waals surface area contributed by atoms with Crippen molar-refractivity contribution in [2.24, 2.45) is 7.05 Å². The Kier molecular flexibility index (Phi) is 6.41. The van der Waals surface area contributed by atoms with Gasteiger partial charge in [0.2, 0.25) is 11.1 Å². The number of hydrogen-bond donors (Lipinski definition) is 1. The first kappa shape index (κ1) is 17.9. The van der Waals surface area contributed by atoms with Crippen LogP contribution in [0.25, 0.3) is 0 Å². The standard InChI is InChI=1S/C17H24N6OS/c1-22-17(19-20-21-22)25-11-8-16(24)18-12-14-6-2-3-7-15(14)13-23-9-4-5-10-23/h2-3,6-7H,4-5,8-13H2,1H3,(H,18,24). The Labute approximate surface area is 152 Å². The lowest BCUT2D eigenvalue weighted by atomic mass is 10.1. The number of likely N-dealkylation sites (tertiary alicyclic amines) is 1. The number of rotatable bonds is 8. The fourth-order valence-corrected chi connectivity index (χ4v) is 3.71. The Morgan fingerprint density at radius 2 is 2.00 bits per heavy atom. The number of nitrogens with zero attached hydrogens (tertiary/aromatic N) is 5. The number of nitrogens with one attached hydrogen (secondary N) is 1. The molecule has 1 aromatic carbocycles. The molecule has 25 heavy (non-hydrogen) atoms. The van der Waals surface area contributed by atoms with Crippen molar-refractivity contribution in [1.82, 2.24) is 30.4 Å². The molecule has 1 aromatic heterocycles. The monoisotopic (exact) mass is 360 g/mol. The third kappa shape index (κ3) is 5.27. The maximum atomic E-state index is 12.1. The van der Waals surface area contributed by atoms with Gasteiger partial charge in [-0.25, -0.2) is 4.68 Å². The Hall–Kier alpha value is -1.93. The molecule has 2 heterocycles. The molecule has 2 aromatic rings. The average Bonchev–Trinajstić information content (AvgIpc) is 3.26. The van der Waals surface area contributed by atoms with E-state index in [9.17, 15) is 4.79 Å². The molecule has 0 spiro atoms. The molecule has 1 aliphatic heterocycles. The van der Waals surface area contributed by atoms with Crippen LogP contribution in [0.5, 0.6) is 0 Å². The fourth-order valence-electron chi connectivity index (χ4n) is 2.93. The summed E-state index contributed by atoms with van der Waals surface area (Å²) in [6.07, 6.45) is 3.03. The highest BCUT2D eigenvalue weighted by molar-refractivity contribution is 7.99. The number of benzene rings is 1. The van der Waals surface area contributed by atoms with Gasteiger partial charge in [-0.2, -0.15) is 0 Å². The van der Waals surface area contributed by atoms with E-state index in [4.69, 9.17) is 0 Å². The van der Waals surface area contributed by atoms with Crippen molar-refractivity contribution in [3.8, 4) is 0 Å². The highest BCUT2D eigenvalue weighted by Crippen LogP contribution is 2.16. The second kappa shape index (κ2) is 8.96. The molecule has 1 saturated heterocycles. The molecule has 7 nitrogen and oxygen atoms in total. The van der Waals surface area contributed by atoms with Gasteiger partial charge < -0.3 is 5.32 Å². The summed E-state index contributed by atoms with van der Waals surface area (Å²) in [6, 6.07) is 8.37. The molecular weight excluding hydrogens is 336 g/mol. The van der Waals surface area contributed by atoms with Gasteiger partial charge in [-0.05, 0) is 47.5 Å². The van der Waals surface area contributed by atoms with E-state index >= 15 is 0 Å². The molecule has 0 aliphatic carbocycles. The van der Waals surface area contributed by atoms with Crippen LogP contribution in [-0.4, -0.2) is 49.9 Å². The molecule has 134 valence electrons. The van der Waals surface area contributed by atoms with Crippen LogP contribution in [0.3, 0.4) is 0 Å². The van der Waals surface area contributed by atoms with Gasteiger partial charge >= 0.3 is 0 Å². The zero-order chi connectivity index (χ0) is 17.5. The molecule has 0 bridgehead atoms. The summed E-state index contributed by atoms with van der Waals surface area (Å²) >= 11 is 1.49. The number of hydrogen-bond acceptors (Lipinski definition) is 6. The first-order valence-corrected chi connectivity index (χ1v) is 9.62. The van der Waals surface area contributed by atoms with E-state index in [-0.39, 0.29) is 5.91 Å². The normalized spacial score (nSPS) is 14.8. The number of carbonyl (C=O) groups excluding carboxylic acids is 1. The van der Waals surface area contributed by atoms with Gasteiger partial charge in [-0.15, -0.1) is 5.10 Å². The number of amides is 1. The minimum atomic E-state index is 0.0543. The van der Waals surface area contributed by atoms with Gasteiger partial charge in [0.25, 0.3) is 0 Å². The number of aryl methyl sites for hydroxylation is 1. The number of aromatic nitrogens is 4. The van der Waals surface area contributed by atoms with Gasteiger partial charge in [0.1, 0.15) is 0 Å². The lowest BCUT2D eigenvalue weighted by Crippen LogP contribution is -2.25. The zero-order valence-corrected chi connectivity index (χ0v) is 15.3. The maximum absolute atomic E-state index is 12.1. The molecule has 1 aliphatic rings. The summed E-state index contributed by atoms with van der Waals surface area (Å²) in [6.45, 7) is 3.91. The van der Waals surface area contributed by atoms with Gasteiger partial charge in [0.15, 0.2) is 0 Å². The molecular formula is C17H24N6OS. The summed E-state index contributed by atoms with van der Waals surface area (Å²) in [5.74, 6) is 0.716. The van der Waals surface area contributed by atoms with Crippen LogP contribution in [0.15, 0.2) is 29.4 Å². The summed E-state index contributed by atoms with van der Waals surface area (Å²) in [7, 11) is 1.79. The molecule has 8 heteroatoms. The van der Waals surface area contributed by atoms with E-state index in [0.717, 1.165) is 11.7 Å². The van der Waals surface area contributed by atoms with Crippen LogP contribution in [0.1, 0.15) is 30.4 Å². The lowest BCUT2D eigenvalue weighted by Gasteiger charge is -2.17. The van der Waals surface area contributed by atoms with Crippen molar-refractivity contribution in [3.05, 3.63) is 35.4 Å². The molecule has 1 N–H and O–H groups in total. The topological polar surface area (TPSA) is 75.9 Å². The summed E-state index contributed by atoms with van der Waals surface area (Å²) in [4.78, 5) is 14.6. The number of thioether (sulfide) groups is 1. The second-order valence-electron chi connectivity index (χ2n) is 6.21. The highest BCUT2D eigenvalue weighted by atomic mass is 32.2. The Morgan fingerprint density at radius 3 is 2.72 bits per heavy atom. The minimum absolute atomic E-state index is 0.0543. The molecule has 0 radical (unpaired) electrons. The van der Waals surface area contributed by atoms with E-state index < -0.39 is 0 Å². The number of carbonyl (C=O) groups is 1. The van der Waals surface area contributed by atoms with Crippen molar-refractivity contribution < 1.29 is 4.79 Å². The van der Waals surface area contributed by atoms with Crippen molar-refractivity contribution in [2.75, 3.05) is 18.8 Å². The highest BCUT2D eigenvalue weighted by Gasteiger charge is 2.14. The van der Waals surface area contributed by atoms with Gasteiger partial charge in [-0.1, -0.05) is 36.0 Å². The van der Waals surface area contributed by atoms with Crippen LogP contribution in [0, 0.1) is 0 Å². The smallest absolute Gasteiger partial charge is 0.221 e. The average molecular weight is 360 g/mol. The van der Waals surface area contributed by atoms with Crippen LogP contribution >= 0.6 is 11.8 Å². The SMILES string of the molecule is Cn1nnnc1SCCC(=O)NCc1ccccc1CN1CCCC1. The van der Waals surface area contributed by atoms with E-state index in [0.29, 0.717) is 18.7 Å². The Morgan fingerprint density at radius 1 is 1.24 bits per heavy atom. The maximum Gasteiger partial charge on any atom is 0.221 e. The number of tetrazole rings is 1. The van der Waals surface area contributed by atoms with Crippen molar-refractivity contribution in [2.45, 2.75) is 37.5 Å². The molecule has 0 saturated carbocycles. The van der Waals surface area contributed by atoms with Crippen LogP contribution < -0.4 is 5.32 Å². The quantitative estimate of drug-likeness (QED) is 0.721. The largest absolute Gasteiger partial charge is 0.352 e. The minimum Gasteiger partial charge on any atom is -0.352 e. The predicted octanol–water partition coefficient (Wildman–Crippen LogP) is 1.60. The van der Waals surface area contributed by atoms with Crippen molar-refractivity contribution in [3.63, 3.8) is 0 Å². The first-order valence-electron chi connectivity index (χ1n) is 8.63. The predicted molar refractivity (Wildman–Crippen MR) is 96.9 cm³/mol. The van der Waals surface area contributed by atoms with Crippen LogP contribution in [0.2, 0.25) is 0 Å². The van der Waals surface area contributed by atoms with Crippen LogP contribution in [0.4, 0.5) is 0 Å². The molecule has 0 unspecified atom stereocenters. The fraction of sp³-hybridized carbons (Fsp3) is 0.529. The van der Waals surface area contributed by atoms with E-state index in [2.05, 4.69) is 43.9 Å². The van der Waals surface area contributed by atoms with E-state index in [1.807, 2.05) is 6.07 Å². The van der Waals surface area contributed by atoms with Gasteiger partial charge in [-0.3, -0.25) is 9.69 Å². The molecule has 1 amide bonds. The lowest BCUT2D eigenvalue weighted by molar-refractivity contribution is -0.120. The van der Waals surface area contributed by atoms with E-state index in [1.165, 1.54) is 48.8 Å². The van der Waals surface area contributed by atoms with Crippen molar-refractivity contribution >= 4 is 17.7 Å². The first-order chi connectivity index (χ1) is 12.2. The Balaban J connectivity index is 1.44. The molecule has 3 rings (SSSR count). The molecule has 0 atom stereocenters. The third-order valence-corrected chi connectivity index (χ3v) is 5.34. The summed E-state index contributed by atoms with van der Waals surface area (Å²) in [5, 5.41) is 15.0. The summed E-state index contributed by atoms with van der Waals surface area (Å²) < 4.78 is 1.61. The van der Waals surface area contributed by atoms with E-state index in [1.54, 1.807) is 11.7 Å². The third-order valence-electron chi connectivity index (χ3n) is 4.33. The summed E-state index contributed by atoms with van der Waals surface area (Å²) in [5.41, 5.74) is 2.51. The van der Waals surface area contributed by atoms with Crippen molar-refractivity contribution in [1.29, 1.82) is 0 Å². The van der Waals surface area contributed by atoms with Gasteiger partial charge in [0, 0.05) is 32.3 Å². The Bertz CT molecular complexity index is 698. The molecule has 1 fully saturated rings. The zero-order valence-electron chi connectivity index (χ0n) is 14.5. The van der Waals surface area contributed by atoms with Crippen LogP contribution in [-0.2, 0) is 24.9 Å².